The van der Waals surface area contributed by atoms with Gasteiger partial charge in [-0.2, -0.15) is 0 Å². The van der Waals surface area contributed by atoms with E-state index in [0.29, 0.717) is 16.6 Å². The van der Waals surface area contributed by atoms with Gasteiger partial charge in [-0.25, -0.2) is 0 Å². The molecule has 3 nitrogen and oxygen atoms in total. The predicted octanol–water partition coefficient (Wildman–Crippen LogP) is 1.94. The number of phenolic OH excluding ortho intramolecular Hbond substituents is 1. The van der Waals surface area contributed by atoms with E-state index in [1.165, 1.54) is 18.2 Å². The second-order valence-corrected chi connectivity index (χ2v) is 3.82. The first-order valence-corrected chi connectivity index (χ1v) is 4.84. The summed E-state index contributed by atoms with van der Waals surface area (Å²) in [7, 11) is 0. The maximum absolute atomic E-state index is 11.6. The van der Waals surface area contributed by atoms with Crippen molar-refractivity contribution in [3.63, 3.8) is 0 Å². The van der Waals surface area contributed by atoms with Gasteiger partial charge >= 0.3 is 0 Å². The van der Waals surface area contributed by atoms with Crippen LogP contribution in [0.15, 0.2) is 18.2 Å². The number of hydrogen-bond donors (Lipinski definition) is 2. The molecule has 1 aromatic carbocycles. The van der Waals surface area contributed by atoms with E-state index in [0.717, 1.165) is 12.8 Å². The summed E-state index contributed by atoms with van der Waals surface area (Å²) < 4.78 is 0. The normalized spacial score (nSPS) is 15.2. The van der Waals surface area contributed by atoms with Crippen molar-refractivity contribution in [3.05, 3.63) is 28.8 Å². The second-order valence-electron chi connectivity index (χ2n) is 3.41. The summed E-state index contributed by atoms with van der Waals surface area (Å²) in [5.74, 6) is -0.163. The Morgan fingerprint density at radius 2 is 2.21 bits per heavy atom. The molecule has 74 valence electrons. The van der Waals surface area contributed by atoms with Crippen molar-refractivity contribution in [1.82, 2.24) is 5.32 Å². The molecule has 0 unspecified atom stereocenters. The maximum Gasteiger partial charge on any atom is 0.253 e. The Hall–Kier alpha value is -1.22. The maximum atomic E-state index is 11.6. The van der Waals surface area contributed by atoms with Crippen LogP contribution in [0.2, 0.25) is 5.02 Å². The number of carbonyl (C=O) groups is 1. The Kier molecular flexibility index (Phi) is 2.33. The standard InChI is InChI=1S/C10H10ClNO2/c11-9-4-3-7(13)5-8(9)10(14)12-6-1-2-6/h3-6,13H,1-2H2,(H,12,14). The first-order chi connectivity index (χ1) is 6.66. The number of rotatable bonds is 2. The fraction of sp³-hybridized carbons (Fsp3) is 0.300. The lowest BCUT2D eigenvalue weighted by atomic mass is 10.2. The van der Waals surface area contributed by atoms with Crippen LogP contribution < -0.4 is 5.32 Å². The number of hydrogen-bond acceptors (Lipinski definition) is 2. The van der Waals surface area contributed by atoms with Crippen molar-refractivity contribution in [3.8, 4) is 5.75 Å². The average Bonchev–Trinajstić information content (AvgIpc) is 2.93. The average molecular weight is 212 g/mol. The third-order valence-electron chi connectivity index (χ3n) is 2.11. The summed E-state index contributed by atoms with van der Waals surface area (Å²) in [6.45, 7) is 0. The van der Waals surface area contributed by atoms with Crippen molar-refractivity contribution >= 4 is 17.5 Å². The van der Waals surface area contributed by atoms with Crippen molar-refractivity contribution < 1.29 is 9.90 Å². The highest BCUT2D eigenvalue weighted by Gasteiger charge is 2.24. The van der Waals surface area contributed by atoms with Crippen molar-refractivity contribution in [1.29, 1.82) is 0 Å². The summed E-state index contributed by atoms with van der Waals surface area (Å²) in [5, 5.41) is 12.4. The van der Waals surface area contributed by atoms with Gasteiger partial charge in [0, 0.05) is 6.04 Å². The van der Waals surface area contributed by atoms with Crippen LogP contribution in [0.25, 0.3) is 0 Å². The topological polar surface area (TPSA) is 49.3 Å². The molecular formula is C10H10ClNO2. The van der Waals surface area contributed by atoms with Crippen LogP contribution in [0, 0.1) is 0 Å². The van der Waals surface area contributed by atoms with E-state index in [1.54, 1.807) is 0 Å². The van der Waals surface area contributed by atoms with Gasteiger partial charge < -0.3 is 10.4 Å². The molecule has 0 bridgehead atoms. The van der Waals surface area contributed by atoms with Gasteiger partial charge in [0.15, 0.2) is 0 Å². The van der Waals surface area contributed by atoms with Gasteiger partial charge in [0.1, 0.15) is 5.75 Å². The quantitative estimate of drug-likeness (QED) is 0.786. The SMILES string of the molecule is O=C(NC1CC1)c1cc(O)ccc1Cl. The molecule has 0 saturated heterocycles. The van der Waals surface area contributed by atoms with Crippen LogP contribution in [0.5, 0.6) is 5.75 Å². The zero-order chi connectivity index (χ0) is 10.1. The van der Waals surface area contributed by atoms with Crippen LogP contribution in [0.3, 0.4) is 0 Å². The molecule has 2 N–H and O–H groups in total. The number of phenols is 1. The lowest BCUT2D eigenvalue weighted by Gasteiger charge is -2.05. The zero-order valence-corrected chi connectivity index (χ0v) is 8.21. The first kappa shape index (κ1) is 9.34. The lowest BCUT2D eigenvalue weighted by Crippen LogP contribution is -2.25. The number of nitrogens with one attached hydrogen (secondary N) is 1. The van der Waals surface area contributed by atoms with E-state index in [-0.39, 0.29) is 11.7 Å². The van der Waals surface area contributed by atoms with Crippen molar-refractivity contribution in [2.24, 2.45) is 0 Å². The van der Waals surface area contributed by atoms with E-state index in [2.05, 4.69) is 5.32 Å². The van der Waals surface area contributed by atoms with Gasteiger partial charge in [-0.05, 0) is 31.0 Å². The molecule has 1 aliphatic rings. The molecule has 0 spiro atoms. The minimum Gasteiger partial charge on any atom is -0.508 e. The van der Waals surface area contributed by atoms with E-state index in [1.807, 2.05) is 0 Å². The summed E-state index contributed by atoms with van der Waals surface area (Å²) in [6.07, 6.45) is 2.06. The summed E-state index contributed by atoms with van der Waals surface area (Å²) in [4.78, 5) is 11.6. The smallest absolute Gasteiger partial charge is 0.253 e. The third-order valence-corrected chi connectivity index (χ3v) is 2.44. The lowest BCUT2D eigenvalue weighted by molar-refractivity contribution is 0.0951. The Morgan fingerprint density at radius 1 is 1.50 bits per heavy atom. The number of aromatic hydroxyl groups is 1. The van der Waals surface area contributed by atoms with E-state index >= 15 is 0 Å². The van der Waals surface area contributed by atoms with E-state index in [9.17, 15) is 9.90 Å². The Morgan fingerprint density at radius 3 is 2.86 bits per heavy atom. The summed E-state index contributed by atoms with van der Waals surface area (Å²) >= 11 is 5.82. The Labute approximate surface area is 86.7 Å². The molecule has 1 aliphatic carbocycles. The van der Waals surface area contributed by atoms with Crippen LogP contribution in [-0.2, 0) is 0 Å². The molecule has 0 aromatic heterocycles. The first-order valence-electron chi connectivity index (χ1n) is 4.46. The highest BCUT2D eigenvalue weighted by atomic mass is 35.5. The number of benzene rings is 1. The molecule has 2 rings (SSSR count). The van der Waals surface area contributed by atoms with Gasteiger partial charge in [0.05, 0.1) is 10.6 Å². The summed E-state index contributed by atoms with van der Waals surface area (Å²) in [5.41, 5.74) is 0.332. The molecule has 1 aromatic rings. The van der Waals surface area contributed by atoms with Crippen LogP contribution in [0.4, 0.5) is 0 Å². The highest BCUT2D eigenvalue weighted by molar-refractivity contribution is 6.33. The number of halogens is 1. The second kappa shape index (κ2) is 3.50. The minimum absolute atomic E-state index is 0.0512. The molecular weight excluding hydrogens is 202 g/mol. The fourth-order valence-corrected chi connectivity index (χ4v) is 1.38. The van der Waals surface area contributed by atoms with Gasteiger partial charge in [0.25, 0.3) is 5.91 Å². The van der Waals surface area contributed by atoms with Gasteiger partial charge in [-0.1, -0.05) is 11.6 Å². The van der Waals surface area contributed by atoms with E-state index in [4.69, 9.17) is 11.6 Å². The van der Waals surface area contributed by atoms with Crippen LogP contribution in [-0.4, -0.2) is 17.1 Å². The van der Waals surface area contributed by atoms with E-state index < -0.39 is 0 Å². The van der Waals surface area contributed by atoms with Crippen LogP contribution in [0.1, 0.15) is 23.2 Å². The van der Waals surface area contributed by atoms with Gasteiger partial charge in [-0.15, -0.1) is 0 Å². The zero-order valence-electron chi connectivity index (χ0n) is 7.46. The molecule has 0 aliphatic heterocycles. The fourth-order valence-electron chi connectivity index (χ4n) is 1.18. The molecule has 14 heavy (non-hydrogen) atoms. The third kappa shape index (κ3) is 1.99. The number of carbonyl (C=O) groups excluding carboxylic acids is 1. The van der Waals surface area contributed by atoms with Crippen LogP contribution >= 0.6 is 11.6 Å². The van der Waals surface area contributed by atoms with Crippen molar-refractivity contribution in [2.75, 3.05) is 0 Å². The molecule has 1 amide bonds. The Bertz CT molecular complexity index is 374. The van der Waals surface area contributed by atoms with Gasteiger partial charge in [-0.3, -0.25) is 4.79 Å². The monoisotopic (exact) mass is 211 g/mol. The minimum atomic E-state index is -0.214. The van der Waals surface area contributed by atoms with Gasteiger partial charge in [0.2, 0.25) is 0 Å². The summed E-state index contributed by atoms with van der Waals surface area (Å²) in [6, 6.07) is 4.63. The molecule has 1 saturated carbocycles. The number of amides is 1. The van der Waals surface area contributed by atoms with Crippen molar-refractivity contribution in [2.45, 2.75) is 18.9 Å². The molecule has 0 radical (unpaired) electrons. The molecule has 4 heteroatoms. The molecule has 0 atom stereocenters. The molecule has 0 heterocycles. The predicted molar refractivity (Wildman–Crippen MR) is 53.6 cm³/mol. The Balaban J connectivity index is 2.20. The molecule has 1 fully saturated rings. The highest BCUT2D eigenvalue weighted by Crippen LogP contribution is 2.23. The largest absolute Gasteiger partial charge is 0.508 e.